The van der Waals surface area contributed by atoms with Crippen LogP contribution in [0, 0.1) is 6.92 Å². The minimum absolute atomic E-state index is 0.352. The van der Waals surface area contributed by atoms with E-state index in [1.165, 1.54) is 11.3 Å². The molecule has 0 spiro atoms. The van der Waals surface area contributed by atoms with Crippen LogP contribution in [0.3, 0.4) is 0 Å². The number of hydrogen-bond acceptors (Lipinski definition) is 2. The Hall–Kier alpha value is -1.74. The summed E-state index contributed by atoms with van der Waals surface area (Å²) in [6.45, 7) is 3.41. The maximum atomic E-state index is 5.86. The van der Waals surface area contributed by atoms with Gasteiger partial charge in [-0.15, -0.1) is 0 Å². The molecule has 2 rings (SSSR count). The first kappa shape index (κ1) is 13.7. The van der Waals surface area contributed by atoms with Crippen LogP contribution in [0.25, 0.3) is 0 Å². The van der Waals surface area contributed by atoms with Crippen LogP contribution in [-0.4, -0.2) is 17.7 Å². The van der Waals surface area contributed by atoms with E-state index in [9.17, 15) is 0 Å². The molecule has 2 aromatic rings. The maximum absolute atomic E-state index is 5.86. The molecule has 1 atom stereocenters. The molecule has 1 aromatic heterocycles. The molecule has 3 nitrogen and oxygen atoms in total. The topological polar surface area (TPSA) is 40.2 Å². The highest BCUT2D eigenvalue weighted by atomic mass is 16.5. The van der Waals surface area contributed by atoms with Gasteiger partial charge in [-0.05, 0) is 37.6 Å². The normalized spacial score (nSPS) is 12.4. The second-order valence-corrected chi connectivity index (χ2v) is 4.93. The van der Waals surface area contributed by atoms with Crippen molar-refractivity contribution in [1.82, 2.24) is 4.57 Å². The third-order valence-electron chi connectivity index (χ3n) is 3.44. The predicted molar refractivity (Wildman–Crippen MR) is 78.5 cm³/mol. The molecule has 0 radical (unpaired) electrons. The molecule has 3 heteroatoms. The highest BCUT2D eigenvalue weighted by Gasteiger charge is 2.12. The predicted octanol–water partition coefficient (Wildman–Crippen LogP) is 2.84. The van der Waals surface area contributed by atoms with E-state index in [2.05, 4.69) is 49.0 Å². The fraction of sp³-hybridized carbons (Fsp3) is 0.375. The van der Waals surface area contributed by atoms with Crippen molar-refractivity contribution < 1.29 is 4.74 Å². The number of ether oxygens (including phenoxy) is 1. The summed E-state index contributed by atoms with van der Waals surface area (Å²) in [5.41, 5.74) is 8.38. The standard InChI is InChI=1S/C16H22N2O/c1-13-5-7-15(8-6-13)19-11-9-14(12-17)16-4-3-10-18(16)2/h3-8,10,14H,9,11-12,17H2,1-2H3. The van der Waals surface area contributed by atoms with E-state index in [1.54, 1.807) is 0 Å². The molecule has 0 saturated carbocycles. The molecule has 19 heavy (non-hydrogen) atoms. The molecule has 102 valence electrons. The minimum Gasteiger partial charge on any atom is -0.494 e. The van der Waals surface area contributed by atoms with E-state index in [4.69, 9.17) is 10.5 Å². The number of nitrogens with two attached hydrogens (primary N) is 1. The summed E-state index contributed by atoms with van der Waals surface area (Å²) in [4.78, 5) is 0. The van der Waals surface area contributed by atoms with Crippen LogP contribution < -0.4 is 10.5 Å². The van der Waals surface area contributed by atoms with Crippen LogP contribution in [-0.2, 0) is 7.05 Å². The summed E-state index contributed by atoms with van der Waals surface area (Å²) in [5.74, 6) is 1.28. The van der Waals surface area contributed by atoms with Gasteiger partial charge in [-0.25, -0.2) is 0 Å². The van der Waals surface area contributed by atoms with E-state index >= 15 is 0 Å². The Balaban J connectivity index is 1.87. The zero-order valence-corrected chi connectivity index (χ0v) is 11.7. The van der Waals surface area contributed by atoms with Crippen molar-refractivity contribution in [2.75, 3.05) is 13.2 Å². The van der Waals surface area contributed by atoms with Crippen LogP contribution in [0.5, 0.6) is 5.75 Å². The van der Waals surface area contributed by atoms with Crippen LogP contribution in [0.15, 0.2) is 42.6 Å². The smallest absolute Gasteiger partial charge is 0.119 e. The number of aryl methyl sites for hydroxylation is 2. The Kier molecular flexibility index (Phi) is 4.63. The lowest BCUT2D eigenvalue weighted by atomic mass is 10.0. The van der Waals surface area contributed by atoms with Gasteiger partial charge in [0.2, 0.25) is 0 Å². The molecule has 0 aliphatic rings. The van der Waals surface area contributed by atoms with Gasteiger partial charge in [0.25, 0.3) is 0 Å². The van der Waals surface area contributed by atoms with Crippen LogP contribution >= 0.6 is 0 Å². The Labute approximate surface area is 115 Å². The summed E-state index contributed by atoms with van der Waals surface area (Å²) >= 11 is 0. The second-order valence-electron chi connectivity index (χ2n) is 4.93. The summed E-state index contributed by atoms with van der Waals surface area (Å²) in [6, 6.07) is 12.3. The number of benzene rings is 1. The van der Waals surface area contributed by atoms with Gasteiger partial charge >= 0.3 is 0 Å². The van der Waals surface area contributed by atoms with Crippen molar-refractivity contribution >= 4 is 0 Å². The van der Waals surface area contributed by atoms with E-state index in [-0.39, 0.29) is 0 Å². The van der Waals surface area contributed by atoms with Crippen LogP contribution in [0.1, 0.15) is 23.6 Å². The van der Waals surface area contributed by atoms with Crippen molar-refractivity contribution in [2.24, 2.45) is 12.8 Å². The van der Waals surface area contributed by atoms with Crippen molar-refractivity contribution in [3.05, 3.63) is 53.9 Å². The summed E-state index contributed by atoms with van der Waals surface area (Å²) < 4.78 is 7.89. The molecule has 0 aliphatic heterocycles. The molecule has 0 fully saturated rings. The van der Waals surface area contributed by atoms with Gasteiger partial charge in [0.1, 0.15) is 5.75 Å². The highest BCUT2D eigenvalue weighted by molar-refractivity contribution is 5.26. The van der Waals surface area contributed by atoms with Gasteiger partial charge < -0.3 is 15.0 Å². The second kappa shape index (κ2) is 6.43. The third kappa shape index (κ3) is 3.61. The van der Waals surface area contributed by atoms with Gasteiger partial charge in [-0.2, -0.15) is 0 Å². The number of aromatic nitrogens is 1. The molecule has 1 aromatic carbocycles. The van der Waals surface area contributed by atoms with E-state index in [0.717, 1.165) is 12.2 Å². The lowest BCUT2D eigenvalue weighted by Gasteiger charge is -2.16. The van der Waals surface area contributed by atoms with Crippen LogP contribution in [0.2, 0.25) is 0 Å². The number of hydrogen-bond donors (Lipinski definition) is 1. The lowest BCUT2D eigenvalue weighted by molar-refractivity contribution is 0.296. The van der Waals surface area contributed by atoms with E-state index < -0.39 is 0 Å². The van der Waals surface area contributed by atoms with Gasteiger partial charge in [0.15, 0.2) is 0 Å². The quantitative estimate of drug-likeness (QED) is 0.865. The average Bonchev–Trinajstić information content (AvgIpc) is 2.83. The van der Waals surface area contributed by atoms with E-state index in [1.807, 2.05) is 12.1 Å². The Morgan fingerprint density at radius 1 is 1.21 bits per heavy atom. The Morgan fingerprint density at radius 3 is 2.53 bits per heavy atom. The van der Waals surface area contributed by atoms with Crippen molar-refractivity contribution in [3.63, 3.8) is 0 Å². The SMILES string of the molecule is Cc1ccc(OCCC(CN)c2cccn2C)cc1. The Bertz CT molecular complexity index is 502. The lowest BCUT2D eigenvalue weighted by Crippen LogP contribution is -2.17. The van der Waals surface area contributed by atoms with Crippen molar-refractivity contribution in [2.45, 2.75) is 19.3 Å². The molecule has 0 amide bonds. The molecule has 1 heterocycles. The summed E-state index contributed by atoms with van der Waals surface area (Å²) in [5, 5.41) is 0. The van der Waals surface area contributed by atoms with Crippen molar-refractivity contribution in [3.8, 4) is 5.75 Å². The minimum atomic E-state index is 0.352. The van der Waals surface area contributed by atoms with Gasteiger partial charge in [0.05, 0.1) is 6.61 Å². The third-order valence-corrected chi connectivity index (χ3v) is 3.44. The maximum Gasteiger partial charge on any atom is 0.119 e. The van der Waals surface area contributed by atoms with E-state index in [0.29, 0.717) is 19.1 Å². The Morgan fingerprint density at radius 2 is 1.95 bits per heavy atom. The first-order valence-corrected chi connectivity index (χ1v) is 6.71. The number of rotatable bonds is 6. The largest absolute Gasteiger partial charge is 0.494 e. The number of nitrogens with zero attached hydrogens (tertiary/aromatic N) is 1. The molecule has 0 saturated heterocycles. The molecular weight excluding hydrogens is 236 g/mol. The molecule has 0 aliphatic carbocycles. The monoisotopic (exact) mass is 258 g/mol. The van der Waals surface area contributed by atoms with Gasteiger partial charge in [0, 0.05) is 31.4 Å². The first-order chi connectivity index (χ1) is 9.20. The molecule has 2 N–H and O–H groups in total. The average molecular weight is 258 g/mol. The zero-order valence-electron chi connectivity index (χ0n) is 11.7. The van der Waals surface area contributed by atoms with Gasteiger partial charge in [-0.3, -0.25) is 0 Å². The van der Waals surface area contributed by atoms with Crippen molar-refractivity contribution in [1.29, 1.82) is 0 Å². The molecular formula is C16H22N2O. The zero-order chi connectivity index (χ0) is 13.7. The highest BCUT2D eigenvalue weighted by Crippen LogP contribution is 2.19. The first-order valence-electron chi connectivity index (χ1n) is 6.71. The summed E-state index contributed by atoms with van der Waals surface area (Å²) in [6.07, 6.45) is 2.99. The molecule has 1 unspecified atom stereocenters. The van der Waals surface area contributed by atoms with Gasteiger partial charge in [-0.1, -0.05) is 17.7 Å². The molecule has 0 bridgehead atoms. The summed E-state index contributed by atoms with van der Waals surface area (Å²) in [7, 11) is 2.05. The fourth-order valence-electron chi connectivity index (χ4n) is 2.24. The van der Waals surface area contributed by atoms with Crippen LogP contribution in [0.4, 0.5) is 0 Å². The fourth-order valence-corrected chi connectivity index (χ4v) is 2.24.